The molecule has 0 atom stereocenters. The van der Waals surface area contributed by atoms with Crippen LogP contribution in [-0.2, 0) is 21.4 Å². The van der Waals surface area contributed by atoms with Gasteiger partial charge in [0.25, 0.3) is 0 Å². The molecule has 25 heavy (non-hydrogen) atoms. The number of nitrogens with zero attached hydrogens (tertiary/aromatic N) is 2. The number of halogens is 2. The number of sulfonamides is 1. The van der Waals surface area contributed by atoms with Crippen molar-refractivity contribution >= 4 is 33.2 Å². The van der Waals surface area contributed by atoms with Gasteiger partial charge in [-0.15, -0.1) is 0 Å². The van der Waals surface area contributed by atoms with Crippen molar-refractivity contribution in [3.05, 3.63) is 59.1 Å². The maximum atomic E-state index is 13.1. The summed E-state index contributed by atoms with van der Waals surface area (Å²) in [6, 6.07) is 7.28. The summed E-state index contributed by atoms with van der Waals surface area (Å²) < 4.78 is 38.1. The fourth-order valence-corrected chi connectivity index (χ4v) is 3.07. The Kier molecular flexibility index (Phi) is 6.46. The fourth-order valence-electron chi connectivity index (χ4n) is 2.08. The molecule has 0 aliphatic rings. The minimum absolute atomic E-state index is 0.00842. The molecule has 0 saturated carbocycles. The number of hydrogen-bond donors (Lipinski definition) is 1. The maximum absolute atomic E-state index is 13.1. The van der Waals surface area contributed by atoms with Gasteiger partial charge in [-0.25, -0.2) is 12.8 Å². The second-order valence-corrected chi connectivity index (χ2v) is 7.77. The number of anilines is 1. The van der Waals surface area contributed by atoms with E-state index in [1.165, 1.54) is 16.4 Å². The molecule has 2 aromatic rings. The van der Waals surface area contributed by atoms with Crippen LogP contribution in [0.1, 0.15) is 12.0 Å². The van der Waals surface area contributed by atoms with Gasteiger partial charge in [0.05, 0.1) is 11.3 Å². The van der Waals surface area contributed by atoms with Crippen molar-refractivity contribution < 1.29 is 17.6 Å². The Labute approximate surface area is 150 Å². The van der Waals surface area contributed by atoms with Gasteiger partial charge in [0.15, 0.2) is 0 Å². The van der Waals surface area contributed by atoms with E-state index in [0.29, 0.717) is 5.69 Å². The van der Waals surface area contributed by atoms with Crippen molar-refractivity contribution in [1.82, 2.24) is 9.29 Å². The van der Waals surface area contributed by atoms with Crippen LogP contribution >= 0.6 is 11.6 Å². The quantitative estimate of drug-likeness (QED) is 0.794. The number of pyridine rings is 1. The molecule has 2 rings (SSSR count). The average molecular weight is 386 g/mol. The molecule has 0 aliphatic heterocycles. The van der Waals surface area contributed by atoms with E-state index in [0.717, 1.165) is 17.9 Å². The molecule has 0 fully saturated rings. The van der Waals surface area contributed by atoms with Crippen molar-refractivity contribution in [3.63, 3.8) is 0 Å². The average Bonchev–Trinajstić information content (AvgIpc) is 2.55. The largest absolute Gasteiger partial charge is 0.326 e. The predicted molar refractivity (Wildman–Crippen MR) is 94.1 cm³/mol. The van der Waals surface area contributed by atoms with E-state index in [1.807, 2.05) is 0 Å². The zero-order chi connectivity index (χ0) is 18.4. The van der Waals surface area contributed by atoms with Gasteiger partial charge in [0, 0.05) is 37.6 Å². The summed E-state index contributed by atoms with van der Waals surface area (Å²) in [6.45, 7) is 0.136. The first kappa shape index (κ1) is 19.3. The van der Waals surface area contributed by atoms with Gasteiger partial charge in [0.1, 0.15) is 5.82 Å². The van der Waals surface area contributed by atoms with Crippen LogP contribution in [0.4, 0.5) is 10.1 Å². The molecule has 0 aliphatic carbocycles. The Morgan fingerprint density at radius 1 is 1.36 bits per heavy atom. The van der Waals surface area contributed by atoms with Crippen LogP contribution in [-0.4, -0.2) is 36.4 Å². The Morgan fingerprint density at radius 3 is 2.72 bits per heavy atom. The Bertz CT molecular complexity index is 847. The van der Waals surface area contributed by atoms with Crippen molar-refractivity contribution in [3.8, 4) is 0 Å². The highest BCUT2D eigenvalue weighted by molar-refractivity contribution is 7.88. The lowest BCUT2D eigenvalue weighted by atomic mass is 10.2. The van der Waals surface area contributed by atoms with Crippen LogP contribution in [0.2, 0.25) is 5.02 Å². The van der Waals surface area contributed by atoms with E-state index in [4.69, 9.17) is 11.6 Å². The van der Waals surface area contributed by atoms with Crippen LogP contribution in [0.3, 0.4) is 0 Å². The summed E-state index contributed by atoms with van der Waals surface area (Å²) in [5.41, 5.74) is 1.06. The molecular weight excluding hydrogens is 369 g/mol. The summed E-state index contributed by atoms with van der Waals surface area (Å²) in [7, 11) is -3.49. The molecule has 0 bridgehead atoms. The molecule has 1 amide bonds. The zero-order valence-electron chi connectivity index (χ0n) is 13.4. The smallest absolute Gasteiger partial charge is 0.225 e. The molecule has 0 unspecified atom stereocenters. The summed E-state index contributed by atoms with van der Waals surface area (Å²) in [4.78, 5) is 16.0. The van der Waals surface area contributed by atoms with Gasteiger partial charge in [-0.1, -0.05) is 17.7 Å². The molecule has 1 heterocycles. The number of benzene rings is 1. The summed E-state index contributed by atoms with van der Waals surface area (Å²) in [6.07, 6.45) is 4.19. The Morgan fingerprint density at radius 2 is 2.12 bits per heavy atom. The van der Waals surface area contributed by atoms with E-state index in [1.54, 1.807) is 24.5 Å². The Hall–Kier alpha value is -2.03. The molecule has 1 aromatic carbocycles. The third kappa shape index (κ3) is 6.08. The number of nitrogens with one attached hydrogen (secondary N) is 1. The van der Waals surface area contributed by atoms with E-state index in [-0.39, 0.29) is 24.5 Å². The van der Waals surface area contributed by atoms with Crippen LogP contribution in [0.15, 0.2) is 42.7 Å². The highest BCUT2D eigenvalue weighted by Gasteiger charge is 2.18. The fraction of sp³-hybridized carbons (Fsp3) is 0.250. The lowest BCUT2D eigenvalue weighted by Gasteiger charge is -2.19. The van der Waals surface area contributed by atoms with Crippen LogP contribution in [0.5, 0.6) is 0 Å². The van der Waals surface area contributed by atoms with Crippen molar-refractivity contribution in [1.29, 1.82) is 0 Å². The summed E-state index contributed by atoms with van der Waals surface area (Å²) >= 11 is 5.66. The maximum Gasteiger partial charge on any atom is 0.225 e. The number of aromatic nitrogens is 1. The minimum atomic E-state index is -3.49. The normalized spacial score (nSPS) is 11.5. The summed E-state index contributed by atoms with van der Waals surface area (Å²) in [5, 5.41) is 2.45. The number of amides is 1. The second kappa shape index (κ2) is 8.37. The molecule has 0 spiro atoms. The molecule has 1 N–H and O–H groups in total. The van der Waals surface area contributed by atoms with E-state index < -0.39 is 21.7 Å². The molecule has 134 valence electrons. The first-order valence-electron chi connectivity index (χ1n) is 7.34. The van der Waals surface area contributed by atoms with Crippen LogP contribution in [0.25, 0.3) is 0 Å². The van der Waals surface area contributed by atoms with Gasteiger partial charge in [0.2, 0.25) is 15.9 Å². The molecule has 9 heteroatoms. The predicted octanol–water partition coefficient (Wildman–Crippen LogP) is 2.66. The van der Waals surface area contributed by atoms with E-state index in [2.05, 4.69) is 10.3 Å². The van der Waals surface area contributed by atoms with Crippen LogP contribution in [0, 0.1) is 5.82 Å². The zero-order valence-corrected chi connectivity index (χ0v) is 15.0. The lowest BCUT2D eigenvalue weighted by Crippen LogP contribution is -2.32. The summed E-state index contributed by atoms with van der Waals surface area (Å²) in [5.74, 6) is -0.984. The van der Waals surface area contributed by atoms with Crippen molar-refractivity contribution in [2.75, 3.05) is 18.1 Å². The van der Waals surface area contributed by atoms with Gasteiger partial charge < -0.3 is 5.32 Å². The van der Waals surface area contributed by atoms with Gasteiger partial charge >= 0.3 is 0 Å². The highest BCUT2D eigenvalue weighted by Crippen LogP contribution is 2.19. The molecule has 1 aromatic heterocycles. The van der Waals surface area contributed by atoms with E-state index >= 15 is 0 Å². The standard InChI is InChI=1S/C16H17ClFN3O3S/c1-25(23,24)21(11-12-3-2-7-19-10-12)8-6-16(22)20-13-4-5-15(18)14(17)9-13/h2-5,7,9-10H,6,8,11H2,1H3,(H,20,22). The third-order valence-corrected chi connectivity index (χ3v) is 4.88. The van der Waals surface area contributed by atoms with Gasteiger partial charge in [-0.2, -0.15) is 4.31 Å². The topological polar surface area (TPSA) is 79.4 Å². The SMILES string of the molecule is CS(=O)(=O)N(CCC(=O)Nc1ccc(F)c(Cl)c1)Cc1cccnc1. The molecule has 0 radical (unpaired) electrons. The molecule has 6 nitrogen and oxygen atoms in total. The lowest BCUT2D eigenvalue weighted by molar-refractivity contribution is -0.116. The number of carbonyl (C=O) groups excluding carboxylic acids is 1. The number of hydrogen-bond acceptors (Lipinski definition) is 4. The van der Waals surface area contributed by atoms with Gasteiger partial charge in [-0.3, -0.25) is 9.78 Å². The van der Waals surface area contributed by atoms with Crippen molar-refractivity contribution in [2.24, 2.45) is 0 Å². The first-order chi connectivity index (χ1) is 11.8. The number of carbonyl (C=O) groups is 1. The molecule has 0 saturated heterocycles. The highest BCUT2D eigenvalue weighted by atomic mass is 35.5. The monoisotopic (exact) mass is 385 g/mol. The minimum Gasteiger partial charge on any atom is -0.326 e. The van der Waals surface area contributed by atoms with E-state index in [9.17, 15) is 17.6 Å². The van der Waals surface area contributed by atoms with Gasteiger partial charge in [-0.05, 0) is 29.8 Å². The number of rotatable bonds is 7. The third-order valence-electron chi connectivity index (χ3n) is 3.34. The van der Waals surface area contributed by atoms with Crippen LogP contribution < -0.4 is 5.32 Å². The molecular formula is C16H17ClFN3O3S. The Balaban J connectivity index is 1.97. The second-order valence-electron chi connectivity index (χ2n) is 5.38. The van der Waals surface area contributed by atoms with Crippen molar-refractivity contribution in [2.45, 2.75) is 13.0 Å². The first-order valence-corrected chi connectivity index (χ1v) is 9.57.